The van der Waals surface area contributed by atoms with Gasteiger partial charge in [0.2, 0.25) is 0 Å². The predicted molar refractivity (Wildman–Crippen MR) is 118 cm³/mol. The standard InChI is InChI=1S/C25H20ClNO2/c1-29-22-12-10-19(11-13-22)25(28)24-17-27(21-9-5-8-20(26)16-21)15-14-23(24)18-6-3-2-4-7-18/h2-17,23H,1H3. The zero-order valence-electron chi connectivity index (χ0n) is 16.0. The molecule has 0 bridgehead atoms. The van der Waals surface area contributed by atoms with Crippen LogP contribution in [0.2, 0.25) is 5.02 Å². The maximum absolute atomic E-state index is 13.4. The number of methoxy groups -OCH3 is 1. The Morgan fingerprint density at radius 3 is 2.41 bits per heavy atom. The van der Waals surface area contributed by atoms with E-state index in [0.717, 1.165) is 17.0 Å². The number of nitrogens with zero attached hydrogens (tertiary/aromatic N) is 1. The van der Waals surface area contributed by atoms with Gasteiger partial charge in [-0.1, -0.05) is 54.1 Å². The Kier molecular flexibility index (Phi) is 5.50. The molecule has 4 heteroatoms. The Labute approximate surface area is 175 Å². The Morgan fingerprint density at radius 2 is 1.72 bits per heavy atom. The van der Waals surface area contributed by atoms with E-state index in [9.17, 15) is 4.79 Å². The third-order valence-electron chi connectivity index (χ3n) is 4.93. The van der Waals surface area contributed by atoms with Crippen LogP contribution >= 0.6 is 11.6 Å². The summed E-state index contributed by atoms with van der Waals surface area (Å²) in [6.07, 6.45) is 5.93. The summed E-state index contributed by atoms with van der Waals surface area (Å²) in [5, 5.41) is 0.650. The third kappa shape index (κ3) is 4.10. The average Bonchev–Trinajstić information content (AvgIpc) is 2.79. The fraction of sp³-hybridized carbons (Fsp3) is 0.0800. The summed E-state index contributed by atoms with van der Waals surface area (Å²) in [6, 6.07) is 24.8. The van der Waals surface area contributed by atoms with Crippen LogP contribution in [-0.2, 0) is 0 Å². The van der Waals surface area contributed by atoms with Gasteiger partial charge in [0.1, 0.15) is 5.75 Å². The van der Waals surface area contributed by atoms with Crippen LogP contribution in [0.15, 0.2) is 103 Å². The summed E-state index contributed by atoms with van der Waals surface area (Å²) in [7, 11) is 1.61. The Hall–Kier alpha value is -3.30. The van der Waals surface area contributed by atoms with Crippen LogP contribution in [0.5, 0.6) is 5.75 Å². The first kappa shape index (κ1) is 19.0. The highest BCUT2D eigenvalue weighted by Crippen LogP contribution is 2.34. The molecule has 0 aromatic heterocycles. The van der Waals surface area contributed by atoms with Gasteiger partial charge >= 0.3 is 0 Å². The highest BCUT2D eigenvalue weighted by molar-refractivity contribution is 6.30. The molecule has 3 nitrogen and oxygen atoms in total. The number of ether oxygens (including phenoxy) is 1. The fourth-order valence-electron chi connectivity index (χ4n) is 3.41. The van der Waals surface area contributed by atoms with E-state index in [1.807, 2.05) is 78.0 Å². The van der Waals surface area contributed by atoms with Crippen molar-refractivity contribution in [1.29, 1.82) is 0 Å². The van der Waals surface area contributed by atoms with Gasteiger partial charge in [0.25, 0.3) is 0 Å². The molecule has 0 spiro atoms. The van der Waals surface area contributed by atoms with Crippen molar-refractivity contribution in [3.63, 3.8) is 0 Å². The quantitative estimate of drug-likeness (QED) is 0.474. The van der Waals surface area contributed by atoms with E-state index in [2.05, 4.69) is 0 Å². The predicted octanol–water partition coefficient (Wildman–Crippen LogP) is 6.23. The number of carbonyl (C=O) groups is 1. The topological polar surface area (TPSA) is 29.5 Å². The minimum absolute atomic E-state index is 0.0158. The van der Waals surface area contributed by atoms with Crippen LogP contribution in [0.3, 0.4) is 0 Å². The van der Waals surface area contributed by atoms with E-state index in [0.29, 0.717) is 16.2 Å². The molecule has 1 aliphatic heterocycles. The molecule has 1 unspecified atom stereocenters. The second kappa shape index (κ2) is 8.38. The SMILES string of the molecule is COc1ccc(C(=O)C2=CN(c3cccc(Cl)c3)C=CC2c2ccccc2)cc1. The highest BCUT2D eigenvalue weighted by atomic mass is 35.5. The summed E-state index contributed by atoms with van der Waals surface area (Å²) in [6.45, 7) is 0. The maximum atomic E-state index is 13.4. The van der Waals surface area contributed by atoms with E-state index in [-0.39, 0.29) is 11.7 Å². The molecule has 0 radical (unpaired) electrons. The molecule has 0 fully saturated rings. The summed E-state index contributed by atoms with van der Waals surface area (Å²) in [4.78, 5) is 15.4. The molecule has 144 valence electrons. The zero-order chi connectivity index (χ0) is 20.2. The minimum atomic E-state index is -0.124. The molecule has 1 atom stereocenters. The summed E-state index contributed by atoms with van der Waals surface area (Å²) in [5.74, 6) is 0.582. The first-order valence-corrected chi connectivity index (χ1v) is 9.71. The van der Waals surface area contributed by atoms with E-state index in [1.54, 1.807) is 31.4 Å². The van der Waals surface area contributed by atoms with Crippen molar-refractivity contribution < 1.29 is 9.53 Å². The second-order valence-corrected chi connectivity index (χ2v) is 7.20. The summed E-state index contributed by atoms with van der Waals surface area (Å²) < 4.78 is 5.21. The van der Waals surface area contributed by atoms with Gasteiger partial charge in [-0.15, -0.1) is 0 Å². The molecule has 29 heavy (non-hydrogen) atoms. The van der Waals surface area contributed by atoms with Crippen molar-refractivity contribution in [3.8, 4) is 5.75 Å². The molecule has 0 amide bonds. The van der Waals surface area contributed by atoms with Gasteiger partial charge in [0.15, 0.2) is 5.78 Å². The van der Waals surface area contributed by atoms with Gasteiger partial charge in [-0.25, -0.2) is 0 Å². The molecule has 3 aromatic carbocycles. The van der Waals surface area contributed by atoms with Crippen LogP contribution in [0.25, 0.3) is 0 Å². The molecule has 0 N–H and O–H groups in total. The first-order valence-electron chi connectivity index (χ1n) is 9.33. The number of ketones is 1. The lowest BCUT2D eigenvalue weighted by molar-refractivity contribution is 0.102. The molecule has 4 rings (SSSR count). The van der Waals surface area contributed by atoms with E-state index in [1.165, 1.54) is 0 Å². The number of halogens is 1. The van der Waals surface area contributed by atoms with Crippen LogP contribution in [0.1, 0.15) is 21.8 Å². The first-order chi connectivity index (χ1) is 14.2. The fourth-order valence-corrected chi connectivity index (χ4v) is 3.60. The maximum Gasteiger partial charge on any atom is 0.191 e. The summed E-state index contributed by atoms with van der Waals surface area (Å²) in [5.41, 5.74) is 3.30. The average molecular weight is 402 g/mol. The van der Waals surface area contributed by atoms with Crippen molar-refractivity contribution >= 4 is 23.1 Å². The van der Waals surface area contributed by atoms with E-state index in [4.69, 9.17) is 16.3 Å². The number of hydrogen-bond acceptors (Lipinski definition) is 3. The number of carbonyl (C=O) groups excluding carboxylic acids is 1. The number of benzene rings is 3. The normalized spacial score (nSPS) is 15.7. The Bertz CT molecular complexity index is 1070. The minimum Gasteiger partial charge on any atom is -0.497 e. The molecule has 0 saturated heterocycles. The van der Waals surface area contributed by atoms with Gasteiger partial charge < -0.3 is 9.64 Å². The monoisotopic (exact) mass is 401 g/mol. The second-order valence-electron chi connectivity index (χ2n) is 6.76. The van der Waals surface area contributed by atoms with Crippen LogP contribution in [0.4, 0.5) is 5.69 Å². The lowest BCUT2D eigenvalue weighted by Crippen LogP contribution is -2.21. The molecule has 0 saturated carbocycles. The number of hydrogen-bond donors (Lipinski definition) is 0. The highest BCUT2D eigenvalue weighted by Gasteiger charge is 2.26. The molecule has 3 aromatic rings. The third-order valence-corrected chi connectivity index (χ3v) is 5.17. The van der Waals surface area contributed by atoms with Gasteiger partial charge in [0, 0.05) is 40.2 Å². The molecule has 1 aliphatic rings. The van der Waals surface area contributed by atoms with E-state index < -0.39 is 0 Å². The molecular weight excluding hydrogens is 382 g/mol. The Balaban J connectivity index is 1.75. The molecule has 0 aliphatic carbocycles. The number of allylic oxidation sites excluding steroid dienone is 2. The van der Waals surface area contributed by atoms with Crippen LogP contribution < -0.4 is 9.64 Å². The van der Waals surface area contributed by atoms with Gasteiger partial charge in [-0.2, -0.15) is 0 Å². The van der Waals surface area contributed by atoms with Crippen molar-refractivity contribution in [2.75, 3.05) is 12.0 Å². The zero-order valence-corrected chi connectivity index (χ0v) is 16.7. The smallest absolute Gasteiger partial charge is 0.191 e. The lowest BCUT2D eigenvalue weighted by Gasteiger charge is -2.27. The lowest BCUT2D eigenvalue weighted by atomic mass is 9.85. The van der Waals surface area contributed by atoms with Gasteiger partial charge in [-0.05, 0) is 48.0 Å². The summed E-state index contributed by atoms with van der Waals surface area (Å²) >= 11 is 6.16. The van der Waals surface area contributed by atoms with Crippen molar-refractivity contribution in [3.05, 3.63) is 119 Å². The van der Waals surface area contributed by atoms with Crippen molar-refractivity contribution in [1.82, 2.24) is 0 Å². The van der Waals surface area contributed by atoms with E-state index >= 15 is 0 Å². The molecular formula is C25H20ClNO2. The largest absolute Gasteiger partial charge is 0.497 e. The van der Waals surface area contributed by atoms with Gasteiger partial charge in [0.05, 0.1) is 7.11 Å². The number of Topliss-reactive ketones (excluding diaryl/α,β-unsaturated/α-hetero) is 1. The van der Waals surface area contributed by atoms with Crippen LogP contribution in [-0.4, -0.2) is 12.9 Å². The number of anilines is 1. The number of rotatable bonds is 5. The van der Waals surface area contributed by atoms with Crippen LogP contribution in [0, 0.1) is 0 Å². The van der Waals surface area contributed by atoms with Crippen molar-refractivity contribution in [2.24, 2.45) is 0 Å². The van der Waals surface area contributed by atoms with Gasteiger partial charge in [-0.3, -0.25) is 4.79 Å². The molecule has 1 heterocycles. The Morgan fingerprint density at radius 1 is 0.966 bits per heavy atom. The van der Waals surface area contributed by atoms with Crippen molar-refractivity contribution in [2.45, 2.75) is 5.92 Å².